The molecule has 4 nitrogen and oxygen atoms in total. The predicted molar refractivity (Wildman–Crippen MR) is 47.9 cm³/mol. The summed E-state index contributed by atoms with van der Waals surface area (Å²) in [5, 5.41) is 21.3. The van der Waals surface area contributed by atoms with E-state index in [0.717, 1.165) is 13.3 Å². The first-order chi connectivity index (χ1) is 5.87. The van der Waals surface area contributed by atoms with Crippen LogP contribution in [0.3, 0.4) is 0 Å². The Morgan fingerprint density at radius 3 is 1.86 bits per heavy atom. The van der Waals surface area contributed by atoms with Crippen LogP contribution >= 0.6 is 0 Å². The number of rotatable bonds is 5. The molecule has 0 heterocycles. The third-order valence-electron chi connectivity index (χ3n) is 2.56. The molecule has 0 aliphatic carbocycles. The maximum atomic E-state index is 10.6. The van der Waals surface area contributed by atoms with Gasteiger partial charge in [-0.3, -0.25) is 0 Å². The maximum Gasteiger partial charge on any atom is 2.00 e. The van der Waals surface area contributed by atoms with Gasteiger partial charge in [-0.2, -0.15) is 0 Å². The van der Waals surface area contributed by atoms with Crippen molar-refractivity contribution < 1.29 is 19.8 Å². The normalized spacial score (nSPS) is 12.8. The molecule has 0 saturated carbocycles. The Balaban J connectivity index is 0. The minimum Gasteiger partial charge on any atom is -0.549 e. The van der Waals surface area contributed by atoms with Crippen molar-refractivity contribution in [3.05, 3.63) is 0 Å². The van der Waals surface area contributed by atoms with Crippen LogP contribution in [0, 0.1) is 11.3 Å². The van der Waals surface area contributed by atoms with Crippen LogP contribution in [0.2, 0.25) is 0 Å². The molecule has 0 radical (unpaired) electrons. The minimum absolute atomic E-state index is 0. The molecule has 1 unspecified atom stereocenters. The summed E-state index contributed by atoms with van der Waals surface area (Å²) in [5.74, 6) is -3.63. The Morgan fingerprint density at radius 1 is 1.29 bits per heavy atom. The van der Waals surface area contributed by atoms with Crippen LogP contribution in [-0.4, -0.2) is 60.8 Å². The Morgan fingerprint density at radius 2 is 1.64 bits per heavy atom. The summed E-state index contributed by atoms with van der Waals surface area (Å²) in [6.07, 6.45) is 1.26. The molecule has 0 aromatic rings. The number of carboxylic acid groups (broad SMARTS) is 2. The van der Waals surface area contributed by atoms with E-state index in [1.54, 1.807) is 6.92 Å². The van der Waals surface area contributed by atoms with Gasteiger partial charge in [0.05, 0.1) is 11.9 Å². The monoisotopic (exact) mass is 324 g/mol. The molecule has 0 spiro atoms. The van der Waals surface area contributed by atoms with Gasteiger partial charge in [0.1, 0.15) is 0 Å². The van der Waals surface area contributed by atoms with E-state index in [9.17, 15) is 19.8 Å². The number of carboxylic acids is 2. The number of carbonyl (C=O) groups is 2. The fraction of sp³-hybridized carbons (Fsp3) is 0.778. The molecule has 1 atom stereocenters. The molecule has 0 aromatic carbocycles. The molecule has 0 saturated heterocycles. The Kier molecular flexibility index (Phi) is 8.34. The quantitative estimate of drug-likeness (QED) is 0.458. The summed E-state index contributed by atoms with van der Waals surface area (Å²) in [6, 6.07) is 0. The average Bonchev–Trinajstić information content (AvgIpc) is 2.02. The van der Waals surface area contributed by atoms with E-state index in [-0.39, 0.29) is 48.9 Å². The smallest absolute Gasteiger partial charge is 0.549 e. The van der Waals surface area contributed by atoms with Gasteiger partial charge in [0.25, 0.3) is 0 Å². The van der Waals surface area contributed by atoms with Crippen molar-refractivity contribution in [2.75, 3.05) is 0 Å². The molecular formula is C9H14BaO4. The summed E-state index contributed by atoms with van der Waals surface area (Å²) in [5.41, 5.74) is -1.88. The Bertz CT molecular complexity index is 201. The number of aliphatic carboxylic acids is 2. The summed E-state index contributed by atoms with van der Waals surface area (Å²) in [7, 11) is 0. The summed E-state index contributed by atoms with van der Waals surface area (Å²) in [4.78, 5) is 21.3. The van der Waals surface area contributed by atoms with Crippen molar-refractivity contribution in [3.63, 3.8) is 0 Å². The summed E-state index contributed by atoms with van der Waals surface area (Å²) >= 11 is 0. The van der Waals surface area contributed by atoms with Crippen LogP contribution in [0.15, 0.2) is 0 Å². The molecular weight excluding hydrogens is 309 g/mol. The molecule has 0 fully saturated rings. The van der Waals surface area contributed by atoms with Crippen LogP contribution in [0.4, 0.5) is 0 Å². The van der Waals surface area contributed by atoms with Gasteiger partial charge in [0, 0.05) is 5.41 Å². The van der Waals surface area contributed by atoms with Crippen LogP contribution in [0.25, 0.3) is 0 Å². The Labute approximate surface area is 124 Å². The standard InChI is InChI=1S/C9H16O4.Ba/c1-4-5-6(2)9(3,7(10)11)8(12)13;/h6H,4-5H2,1-3H3,(H,10,11)(H,12,13);/q;+2/p-2. The molecule has 76 valence electrons. The number of hydrogen-bond donors (Lipinski definition) is 0. The van der Waals surface area contributed by atoms with Gasteiger partial charge in [-0.1, -0.05) is 20.3 Å². The molecule has 0 N–H and O–H groups in total. The molecule has 14 heavy (non-hydrogen) atoms. The first-order valence-electron chi connectivity index (χ1n) is 4.30. The van der Waals surface area contributed by atoms with Crippen molar-refractivity contribution >= 4 is 60.8 Å². The van der Waals surface area contributed by atoms with Crippen molar-refractivity contribution in [3.8, 4) is 0 Å². The summed E-state index contributed by atoms with van der Waals surface area (Å²) in [6.45, 7) is 4.58. The Hall–Kier alpha value is 0.511. The third-order valence-corrected chi connectivity index (χ3v) is 2.56. The topological polar surface area (TPSA) is 80.3 Å². The fourth-order valence-corrected chi connectivity index (χ4v) is 1.21. The van der Waals surface area contributed by atoms with Crippen molar-refractivity contribution in [2.24, 2.45) is 11.3 Å². The van der Waals surface area contributed by atoms with Gasteiger partial charge in [-0.15, -0.1) is 0 Å². The number of hydrogen-bond acceptors (Lipinski definition) is 4. The zero-order valence-corrected chi connectivity index (χ0v) is 13.3. The molecule has 0 amide bonds. The van der Waals surface area contributed by atoms with Gasteiger partial charge in [0.15, 0.2) is 0 Å². The third kappa shape index (κ3) is 3.58. The van der Waals surface area contributed by atoms with Gasteiger partial charge in [-0.05, 0) is 19.3 Å². The van der Waals surface area contributed by atoms with E-state index in [4.69, 9.17) is 0 Å². The van der Waals surface area contributed by atoms with Crippen LogP contribution in [-0.2, 0) is 9.59 Å². The van der Waals surface area contributed by atoms with Gasteiger partial charge >= 0.3 is 48.9 Å². The minimum atomic E-state index is -1.88. The number of carbonyl (C=O) groups excluding carboxylic acids is 2. The first-order valence-corrected chi connectivity index (χ1v) is 4.30. The molecule has 0 aromatic heterocycles. The second-order valence-electron chi connectivity index (χ2n) is 3.47. The van der Waals surface area contributed by atoms with E-state index >= 15 is 0 Å². The van der Waals surface area contributed by atoms with E-state index in [0.29, 0.717) is 6.42 Å². The maximum absolute atomic E-state index is 10.6. The van der Waals surface area contributed by atoms with Crippen LogP contribution < -0.4 is 10.2 Å². The predicted octanol–water partition coefficient (Wildman–Crippen LogP) is -1.45. The average molecular weight is 324 g/mol. The molecule has 0 aliphatic heterocycles. The fourth-order valence-electron chi connectivity index (χ4n) is 1.21. The second kappa shape index (κ2) is 6.90. The molecule has 0 rings (SSSR count). The largest absolute Gasteiger partial charge is 2.00 e. The SMILES string of the molecule is CCCC(C)C(C)(C(=O)[O-])C(=O)[O-].[Ba+2]. The van der Waals surface area contributed by atoms with Crippen molar-refractivity contribution in [1.82, 2.24) is 0 Å². The van der Waals surface area contributed by atoms with E-state index < -0.39 is 23.3 Å². The molecule has 0 bridgehead atoms. The van der Waals surface area contributed by atoms with Crippen molar-refractivity contribution in [1.29, 1.82) is 0 Å². The van der Waals surface area contributed by atoms with Crippen LogP contribution in [0.5, 0.6) is 0 Å². The van der Waals surface area contributed by atoms with Gasteiger partial charge < -0.3 is 19.8 Å². The zero-order chi connectivity index (χ0) is 10.6. The van der Waals surface area contributed by atoms with Gasteiger partial charge in [-0.25, -0.2) is 0 Å². The first kappa shape index (κ1) is 16.9. The van der Waals surface area contributed by atoms with Gasteiger partial charge in [0.2, 0.25) is 0 Å². The van der Waals surface area contributed by atoms with Crippen molar-refractivity contribution in [2.45, 2.75) is 33.6 Å². The van der Waals surface area contributed by atoms with E-state index in [2.05, 4.69) is 0 Å². The zero-order valence-electron chi connectivity index (χ0n) is 8.83. The molecule has 0 aliphatic rings. The van der Waals surface area contributed by atoms with E-state index in [1.165, 1.54) is 0 Å². The summed E-state index contributed by atoms with van der Waals surface area (Å²) < 4.78 is 0. The second-order valence-corrected chi connectivity index (χ2v) is 3.47. The molecule has 5 heteroatoms. The van der Waals surface area contributed by atoms with E-state index in [1.807, 2.05) is 6.92 Å². The van der Waals surface area contributed by atoms with Crippen LogP contribution in [0.1, 0.15) is 33.6 Å².